The Kier molecular flexibility index (Phi) is 3.68. The molecule has 4 heteroatoms. The molecule has 0 fully saturated rings. The lowest BCUT2D eigenvalue weighted by Crippen LogP contribution is -2.38. The molecule has 1 unspecified atom stereocenters. The highest BCUT2D eigenvalue weighted by Crippen LogP contribution is 2.30. The lowest BCUT2D eigenvalue weighted by molar-refractivity contribution is -0.0430. The number of hydrogen-bond acceptors (Lipinski definition) is 1. The monoisotopic (exact) mass is 234 g/mol. The maximum absolute atomic E-state index is 12.4. The van der Waals surface area contributed by atoms with Crippen LogP contribution in [0.4, 0.5) is 8.78 Å². The van der Waals surface area contributed by atoms with Gasteiger partial charge in [0.05, 0.1) is 0 Å². The first-order valence-electron chi connectivity index (χ1n) is 4.58. The molecule has 1 N–H and O–H groups in total. The molecule has 84 valence electrons. The summed E-state index contributed by atoms with van der Waals surface area (Å²) in [5.74, 6) is 0. The van der Waals surface area contributed by atoms with Crippen LogP contribution in [0.3, 0.4) is 0 Å². The van der Waals surface area contributed by atoms with Crippen LogP contribution in [0.5, 0.6) is 0 Å². The number of alkyl halides is 2. The molecule has 0 saturated heterocycles. The van der Waals surface area contributed by atoms with Gasteiger partial charge in [-0.15, -0.1) is 0 Å². The molecule has 0 spiro atoms. The summed E-state index contributed by atoms with van der Waals surface area (Å²) in [4.78, 5) is 0. The number of rotatable bonds is 3. The SMILES string of the molecule is CC(C)(c1ccc(Cl)cc1)C(O)C(F)F. The van der Waals surface area contributed by atoms with E-state index in [1.54, 1.807) is 38.1 Å². The van der Waals surface area contributed by atoms with Gasteiger partial charge >= 0.3 is 0 Å². The van der Waals surface area contributed by atoms with Crippen LogP contribution in [0.25, 0.3) is 0 Å². The third-order valence-corrected chi connectivity index (χ3v) is 2.82. The van der Waals surface area contributed by atoms with Gasteiger partial charge in [-0.05, 0) is 17.7 Å². The Morgan fingerprint density at radius 1 is 1.20 bits per heavy atom. The third kappa shape index (κ3) is 2.67. The van der Waals surface area contributed by atoms with Crippen molar-refractivity contribution in [3.63, 3.8) is 0 Å². The normalized spacial score (nSPS) is 14.3. The fraction of sp³-hybridized carbons (Fsp3) is 0.455. The molecule has 0 heterocycles. The smallest absolute Gasteiger partial charge is 0.264 e. The maximum Gasteiger partial charge on any atom is 0.264 e. The van der Waals surface area contributed by atoms with E-state index in [4.69, 9.17) is 11.6 Å². The van der Waals surface area contributed by atoms with Crippen LogP contribution in [-0.2, 0) is 5.41 Å². The lowest BCUT2D eigenvalue weighted by atomic mass is 9.79. The van der Waals surface area contributed by atoms with Crippen molar-refractivity contribution < 1.29 is 13.9 Å². The Bertz CT molecular complexity index is 322. The van der Waals surface area contributed by atoms with Gasteiger partial charge in [-0.25, -0.2) is 8.78 Å². The van der Waals surface area contributed by atoms with Crippen LogP contribution < -0.4 is 0 Å². The van der Waals surface area contributed by atoms with Crippen LogP contribution in [0.2, 0.25) is 5.02 Å². The lowest BCUT2D eigenvalue weighted by Gasteiger charge is -2.30. The Balaban J connectivity index is 2.99. The summed E-state index contributed by atoms with van der Waals surface area (Å²) in [7, 11) is 0. The van der Waals surface area contributed by atoms with E-state index >= 15 is 0 Å². The van der Waals surface area contributed by atoms with Crippen molar-refractivity contribution in [2.75, 3.05) is 0 Å². The molecular formula is C11H13ClF2O. The molecule has 1 aromatic rings. The molecule has 1 nitrogen and oxygen atoms in total. The second-order valence-electron chi connectivity index (χ2n) is 4.01. The van der Waals surface area contributed by atoms with E-state index in [9.17, 15) is 13.9 Å². The highest BCUT2D eigenvalue weighted by atomic mass is 35.5. The molecule has 0 aliphatic rings. The van der Waals surface area contributed by atoms with Gasteiger partial charge in [0.15, 0.2) is 0 Å². The van der Waals surface area contributed by atoms with Crippen LogP contribution in [0.1, 0.15) is 19.4 Å². The van der Waals surface area contributed by atoms with Gasteiger partial charge in [-0.2, -0.15) is 0 Å². The summed E-state index contributed by atoms with van der Waals surface area (Å²) in [6, 6.07) is 6.54. The predicted octanol–water partition coefficient (Wildman–Crippen LogP) is 3.24. The van der Waals surface area contributed by atoms with E-state index in [0.29, 0.717) is 10.6 Å². The van der Waals surface area contributed by atoms with Crippen molar-refractivity contribution >= 4 is 11.6 Å². The quantitative estimate of drug-likeness (QED) is 0.851. The summed E-state index contributed by atoms with van der Waals surface area (Å²) < 4.78 is 24.8. The van der Waals surface area contributed by atoms with Crippen molar-refractivity contribution in [3.05, 3.63) is 34.9 Å². The number of halogens is 3. The van der Waals surface area contributed by atoms with E-state index in [0.717, 1.165) is 0 Å². The van der Waals surface area contributed by atoms with E-state index < -0.39 is 17.9 Å². The molecule has 15 heavy (non-hydrogen) atoms. The van der Waals surface area contributed by atoms with Gasteiger partial charge in [-0.3, -0.25) is 0 Å². The zero-order chi connectivity index (χ0) is 11.6. The molecule has 1 aromatic carbocycles. The standard InChI is InChI=1S/C11H13ClF2O/c1-11(2,9(15)10(13)14)7-3-5-8(12)6-4-7/h3-6,9-10,15H,1-2H3. The molecule has 1 rings (SSSR count). The number of benzene rings is 1. The van der Waals surface area contributed by atoms with Crippen molar-refractivity contribution in [2.45, 2.75) is 31.8 Å². The summed E-state index contributed by atoms with van der Waals surface area (Å²) >= 11 is 5.69. The average molecular weight is 235 g/mol. The number of aliphatic hydroxyl groups is 1. The average Bonchev–Trinajstić information content (AvgIpc) is 2.17. The molecule has 0 amide bonds. The van der Waals surface area contributed by atoms with Gasteiger partial charge in [0.1, 0.15) is 6.10 Å². The number of hydrogen-bond donors (Lipinski definition) is 1. The maximum atomic E-state index is 12.4. The van der Waals surface area contributed by atoms with Crippen LogP contribution >= 0.6 is 11.6 Å². The molecular weight excluding hydrogens is 222 g/mol. The molecule has 0 aliphatic carbocycles. The van der Waals surface area contributed by atoms with Gasteiger partial charge in [0.25, 0.3) is 6.43 Å². The minimum atomic E-state index is -2.75. The predicted molar refractivity (Wildman–Crippen MR) is 56.5 cm³/mol. The molecule has 0 radical (unpaired) electrons. The first-order chi connectivity index (χ1) is 6.85. The molecule has 1 atom stereocenters. The van der Waals surface area contributed by atoms with Crippen molar-refractivity contribution in [3.8, 4) is 0 Å². The van der Waals surface area contributed by atoms with Gasteiger partial charge in [-0.1, -0.05) is 37.6 Å². The van der Waals surface area contributed by atoms with Crippen LogP contribution in [-0.4, -0.2) is 17.6 Å². The zero-order valence-electron chi connectivity index (χ0n) is 8.55. The minimum Gasteiger partial charge on any atom is -0.386 e. The molecule has 0 bridgehead atoms. The topological polar surface area (TPSA) is 20.2 Å². The van der Waals surface area contributed by atoms with Crippen LogP contribution in [0.15, 0.2) is 24.3 Å². The second-order valence-corrected chi connectivity index (χ2v) is 4.44. The number of aliphatic hydroxyl groups excluding tert-OH is 1. The van der Waals surface area contributed by atoms with E-state index in [1.165, 1.54) is 0 Å². The zero-order valence-corrected chi connectivity index (χ0v) is 9.30. The first-order valence-corrected chi connectivity index (χ1v) is 4.95. The first kappa shape index (κ1) is 12.4. The van der Waals surface area contributed by atoms with Gasteiger partial charge in [0, 0.05) is 10.4 Å². The van der Waals surface area contributed by atoms with Gasteiger partial charge in [0.2, 0.25) is 0 Å². The Hall–Kier alpha value is -0.670. The van der Waals surface area contributed by atoms with Crippen molar-refractivity contribution in [2.24, 2.45) is 0 Å². The highest BCUT2D eigenvalue weighted by Gasteiger charge is 2.36. The highest BCUT2D eigenvalue weighted by molar-refractivity contribution is 6.30. The second kappa shape index (κ2) is 4.45. The summed E-state index contributed by atoms with van der Waals surface area (Å²) in [5, 5.41) is 9.94. The fourth-order valence-electron chi connectivity index (χ4n) is 1.37. The molecule has 0 aliphatic heterocycles. The Labute approximate surface area is 92.7 Å². The minimum absolute atomic E-state index is 0.543. The van der Waals surface area contributed by atoms with Crippen molar-refractivity contribution in [1.29, 1.82) is 0 Å². The summed E-state index contributed by atoms with van der Waals surface area (Å²) in [5.41, 5.74) is -0.349. The van der Waals surface area contributed by atoms with Crippen LogP contribution in [0, 0.1) is 0 Å². The Morgan fingerprint density at radius 2 is 1.67 bits per heavy atom. The Morgan fingerprint density at radius 3 is 2.07 bits per heavy atom. The largest absolute Gasteiger partial charge is 0.386 e. The molecule has 0 aromatic heterocycles. The van der Waals surface area contributed by atoms with E-state index in [-0.39, 0.29) is 0 Å². The molecule has 0 saturated carbocycles. The third-order valence-electron chi connectivity index (χ3n) is 2.57. The van der Waals surface area contributed by atoms with Gasteiger partial charge < -0.3 is 5.11 Å². The summed E-state index contributed by atoms with van der Waals surface area (Å²) in [6.07, 6.45) is -4.44. The van der Waals surface area contributed by atoms with Crippen molar-refractivity contribution in [1.82, 2.24) is 0 Å². The van der Waals surface area contributed by atoms with E-state index in [2.05, 4.69) is 0 Å². The fourth-order valence-corrected chi connectivity index (χ4v) is 1.49. The summed E-state index contributed by atoms with van der Waals surface area (Å²) in [6.45, 7) is 3.15. The van der Waals surface area contributed by atoms with E-state index in [1.807, 2.05) is 0 Å².